The van der Waals surface area contributed by atoms with Crippen molar-refractivity contribution in [3.05, 3.63) is 67.6 Å². The lowest BCUT2D eigenvalue weighted by Crippen LogP contribution is -2.45. The molecule has 8 nitrogen and oxygen atoms in total. The van der Waals surface area contributed by atoms with Crippen LogP contribution in [-0.4, -0.2) is 57.5 Å². The molecule has 2 fully saturated rings. The van der Waals surface area contributed by atoms with Crippen molar-refractivity contribution in [1.82, 2.24) is 14.5 Å². The van der Waals surface area contributed by atoms with Crippen LogP contribution >= 0.6 is 27.5 Å². The molecule has 0 saturated carbocycles. The molecule has 0 aliphatic carbocycles. The molecule has 0 unspecified atom stereocenters. The van der Waals surface area contributed by atoms with E-state index in [-0.39, 0.29) is 36.8 Å². The fourth-order valence-corrected chi connectivity index (χ4v) is 5.25. The Morgan fingerprint density at radius 3 is 2.79 bits per heavy atom. The maximum Gasteiger partial charge on any atom is 0.410 e. The van der Waals surface area contributed by atoms with Crippen molar-refractivity contribution in [3.63, 3.8) is 0 Å². The minimum Gasteiger partial charge on any atom is -0.447 e. The first-order valence-corrected chi connectivity index (χ1v) is 12.4. The van der Waals surface area contributed by atoms with E-state index in [1.54, 1.807) is 21.6 Å². The average Bonchev–Trinajstić information content (AvgIpc) is 3.19. The highest BCUT2D eigenvalue weighted by Crippen LogP contribution is 2.31. The van der Waals surface area contributed by atoms with Crippen molar-refractivity contribution in [2.24, 2.45) is 0 Å². The number of amides is 1. The van der Waals surface area contributed by atoms with Gasteiger partial charge in [0, 0.05) is 34.2 Å². The zero-order valence-corrected chi connectivity index (χ0v) is 20.7. The second-order valence-corrected chi connectivity index (χ2v) is 9.95. The molecule has 1 aromatic heterocycles. The van der Waals surface area contributed by atoms with Gasteiger partial charge in [-0.15, -0.1) is 0 Å². The molecule has 3 aromatic rings. The number of nitrogens with zero attached hydrogens (tertiary/aromatic N) is 3. The molecule has 0 spiro atoms. The maximum absolute atomic E-state index is 13.5. The van der Waals surface area contributed by atoms with Gasteiger partial charge in [0.05, 0.1) is 30.1 Å². The number of nitrogens with one attached hydrogen (secondary N) is 1. The third-order valence-electron chi connectivity index (χ3n) is 6.42. The molecule has 2 atom stereocenters. The number of carbonyl (C=O) groups is 1. The fraction of sp³-hybridized carbons (Fsp3) is 0.375. The third-order valence-corrected chi connectivity index (χ3v) is 7.33. The van der Waals surface area contributed by atoms with E-state index in [9.17, 15) is 14.7 Å². The summed E-state index contributed by atoms with van der Waals surface area (Å²) >= 11 is 9.62. The number of rotatable bonds is 6. The molecule has 2 aromatic carbocycles. The molecule has 2 N–H and O–H groups in total. The van der Waals surface area contributed by atoms with Gasteiger partial charge in [0.2, 0.25) is 0 Å². The normalized spacial score (nSPS) is 19.9. The van der Waals surface area contributed by atoms with E-state index in [0.29, 0.717) is 41.4 Å². The maximum atomic E-state index is 13.5. The van der Waals surface area contributed by atoms with Crippen LogP contribution in [0, 0.1) is 0 Å². The number of anilines is 1. The van der Waals surface area contributed by atoms with Crippen LogP contribution in [-0.2, 0) is 17.7 Å². The molecule has 2 aliphatic rings. The summed E-state index contributed by atoms with van der Waals surface area (Å²) in [6, 6.07) is 11.2. The minimum absolute atomic E-state index is 0.0808. The lowest BCUT2D eigenvalue weighted by Gasteiger charge is -2.33. The van der Waals surface area contributed by atoms with Gasteiger partial charge < -0.3 is 20.1 Å². The monoisotopic (exact) mass is 546 g/mol. The second-order valence-electron chi connectivity index (χ2n) is 8.66. The molecular formula is C24H24BrClN4O4. The number of aliphatic hydroxyl groups is 1. The van der Waals surface area contributed by atoms with Crippen LogP contribution in [0.4, 0.5) is 10.5 Å². The Kier molecular flexibility index (Phi) is 6.50. The number of benzene rings is 2. The molecule has 2 saturated heterocycles. The lowest BCUT2D eigenvalue weighted by molar-refractivity contribution is 0.153. The largest absolute Gasteiger partial charge is 0.447 e. The predicted molar refractivity (Wildman–Crippen MR) is 134 cm³/mol. The average molecular weight is 548 g/mol. The number of aliphatic hydroxyl groups excluding tert-OH is 1. The molecule has 1 amide bonds. The van der Waals surface area contributed by atoms with Crippen LogP contribution in [0.1, 0.15) is 24.2 Å². The number of aromatic nitrogens is 2. The molecule has 5 rings (SSSR count). The van der Waals surface area contributed by atoms with Crippen molar-refractivity contribution < 1.29 is 14.6 Å². The summed E-state index contributed by atoms with van der Waals surface area (Å²) in [5.74, 6) is 0.529. The Bertz CT molecular complexity index is 1300. The number of piperidine rings is 1. The van der Waals surface area contributed by atoms with Gasteiger partial charge in [0.25, 0.3) is 5.56 Å². The van der Waals surface area contributed by atoms with Crippen LogP contribution in [0.5, 0.6) is 0 Å². The van der Waals surface area contributed by atoms with E-state index in [1.165, 1.54) is 0 Å². The van der Waals surface area contributed by atoms with E-state index in [0.717, 1.165) is 28.6 Å². The molecule has 2 aliphatic heterocycles. The summed E-state index contributed by atoms with van der Waals surface area (Å²) in [4.78, 5) is 31.8. The summed E-state index contributed by atoms with van der Waals surface area (Å²) in [5, 5.41) is 14.2. The van der Waals surface area contributed by atoms with Gasteiger partial charge in [-0.05, 0) is 58.6 Å². The van der Waals surface area contributed by atoms with E-state index in [1.807, 2.05) is 24.3 Å². The summed E-state index contributed by atoms with van der Waals surface area (Å²) in [7, 11) is 0. The number of hydrogen-bond donors (Lipinski definition) is 2. The smallest absolute Gasteiger partial charge is 0.410 e. The van der Waals surface area contributed by atoms with Crippen molar-refractivity contribution >= 4 is 50.2 Å². The van der Waals surface area contributed by atoms with Gasteiger partial charge in [0.15, 0.2) is 0 Å². The van der Waals surface area contributed by atoms with E-state index >= 15 is 0 Å². The van der Waals surface area contributed by atoms with Crippen molar-refractivity contribution in [2.75, 3.05) is 25.1 Å². The summed E-state index contributed by atoms with van der Waals surface area (Å²) in [6.07, 6.45) is 1.62. The highest BCUT2D eigenvalue weighted by atomic mass is 79.9. The predicted octanol–water partition coefficient (Wildman–Crippen LogP) is 3.79. The van der Waals surface area contributed by atoms with Gasteiger partial charge in [0.1, 0.15) is 12.4 Å². The van der Waals surface area contributed by atoms with Crippen molar-refractivity contribution in [3.8, 4) is 0 Å². The van der Waals surface area contributed by atoms with Gasteiger partial charge in [-0.25, -0.2) is 9.78 Å². The minimum atomic E-state index is -0.235. The first-order chi connectivity index (χ1) is 16.4. The van der Waals surface area contributed by atoms with Gasteiger partial charge in [-0.3, -0.25) is 9.36 Å². The van der Waals surface area contributed by atoms with Crippen molar-refractivity contribution in [2.45, 2.75) is 37.9 Å². The molecule has 10 heteroatoms. The zero-order valence-electron chi connectivity index (χ0n) is 18.3. The quantitative estimate of drug-likeness (QED) is 0.487. The Morgan fingerprint density at radius 2 is 2.03 bits per heavy atom. The Balaban J connectivity index is 1.47. The molecular weight excluding hydrogens is 524 g/mol. The summed E-state index contributed by atoms with van der Waals surface area (Å²) < 4.78 is 7.58. The van der Waals surface area contributed by atoms with Crippen LogP contribution in [0.2, 0.25) is 5.02 Å². The number of carbonyl (C=O) groups excluding carboxylic acids is 1. The lowest BCUT2D eigenvalue weighted by atomic mass is 9.98. The third kappa shape index (κ3) is 4.52. The molecule has 0 radical (unpaired) electrons. The Hall–Kier alpha value is -2.62. The number of fused-ring (bicyclic) bond motifs is 2. The van der Waals surface area contributed by atoms with Gasteiger partial charge >= 0.3 is 6.09 Å². The number of hydrogen-bond acceptors (Lipinski definition) is 6. The molecule has 3 heterocycles. The number of halogens is 2. The van der Waals surface area contributed by atoms with Gasteiger partial charge in [-0.1, -0.05) is 23.7 Å². The summed E-state index contributed by atoms with van der Waals surface area (Å²) in [5.41, 5.74) is 2.14. The standard InChI is InChI=1S/C24H24BrClN4O4/c25-19-11-20-18(10-21(19)27-16-5-7-29-17(9-16)13-34-24(29)33)23(32)30(22(28-20)6-8-31)12-14-1-3-15(26)4-2-14/h1-4,10-11,16-17,27,31H,5-9,12-13H2/t16-,17-/m0/s1. The number of ether oxygens (including phenoxy) is 1. The first-order valence-electron chi connectivity index (χ1n) is 11.2. The van der Waals surface area contributed by atoms with E-state index in [2.05, 4.69) is 21.2 Å². The summed E-state index contributed by atoms with van der Waals surface area (Å²) in [6.45, 7) is 1.29. The highest BCUT2D eigenvalue weighted by Gasteiger charge is 2.38. The second kappa shape index (κ2) is 9.56. The van der Waals surface area contributed by atoms with Crippen molar-refractivity contribution in [1.29, 1.82) is 0 Å². The first kappa shape index (κ1) is 23.1. The van der Waals surface area contributed by atoms with E-state index < -0.39 is 0 Å². The van der Waals surface area contributed by atoms with Crippen LogP contribution < -0.4 is 10.9 Å². The highest BCUT2D eigenvalue weighted by molar-refractivity contribution is 9.10. The Morgan fingerprint density at radius 1 is 1.24 bits per heavy atom. The zero-order chi connectivity index (χ0) is 23.8. The fourth-order valence-electron chi connectivity index (χ4n) is 4.68. The number of cyclic esters (lactones) is 1. The molecule has 34 heavy (non-hydrogen) atoms. The topological polar surface area (TPSA) is 96.7 Å². The van der Waals surface area contributed by atoms with Crippen LogP contribution in [0.25, 0.3) is 10.9 Å². The van der Waals surface area contributed by atoms with Crippen LogP contribution in [0.15, 0.2) is 45.7 Å². The molecule has 178 valence electrons. The Labute approximate surface area is 209 Å². The molecule has 0 bridgehead atoms. The van der Waals surface area contributed by atoms with E-state index in [4.69, 9.17) is 21.3 Å². The van der Waals surface area contributed by atoms with Crippen LogP contribution in [0.3, 0.4) is 0 Å². The SMILES string of the molecule is O=C1OC[C@@H]2C[C@@H](Nc3cc4c(=O)n(Cc5ccc(Cl)cc5)c(CCO)nc4cc3Br)CCN12. The van der Waals surface area contributed by atoms with Gasteiger partial charge in [-0.2, -0.15) is 0 Å².